The fourth-order valence-corrected chi connectivity index (χ4v) is 13.2. The Morgan fingerprint density at radius 2 is 2.10 bits per heavy atom. The first kappa shape index (κ1) is 15.7. The third kappa shape index (κ3) is 1.70. The fourth-order valence-electron chi connectivity index (χ4n) is 5.64. The molecule has 3 rings (SSSR count). The summed E-state index contributed by atoms with van der Waals surface area (Å²) in [5.41, 5.74) is 0.881. The van der Waals surface area contributed by atoms with Gasteiger partial charge in [0.25, 0.3) is 0 Å². The van der Waals surface area contributed by atoms with Crippen molar-refractivity contribution in [1.82, 2.24) is 10.0 Å². The molecular formula is C18H33N2P. The van der Waals surface area contributed by atoms with Crippen molar-refractivity contribution in [2.75, 3.05) is 26.4 Å². The second-order valence-electron chi connectivity index (χ2n) is 7.93. The van der Waals surface area contributed by atoms with Crippen molar-refractivity contribution in [2.24, 2.45) is 5.92 Å². The number of rotatable bonds is 4. The molecule has 0 spiro atoms. The quantitative estimate of drug-likeness (QED) is 0.563. The van der Waals surface area contributed by atoms with Crippen molar-refractivity contribution in [3.63, 3.8) is 0 Å². The normalized spacial score (nSPS) is 43.5. The van der Waals surface area contributed by atoms with E-state index >= 15 is 0 Å². The van der Waals surface area contributed by atoms with Gasteiger partial charge >= 0.3 is 131 Å². The van der Waals surface area contributed by atoms with Gasteiger partial charge in [-0.15, -0.1) is 0 Å². The summed E-state index contributed by atoms with van der Waals surface area (Å²) < 4.78 is 0. The number of hydrogen-bond acceptors (Lipinski definition) is 2. The maximum absolute atomic E-state index is 2.76. The van der Waals surface area contributed by atoms with E-state index < -0.39 is 6.60 Å². The van der Waals surface area contributed by atoms with Crippen molar-refractivity contribution in [3.8, 4) is 0 Å². The molecule has 120 valence electrons. The summed E-state index contributed by atoms with van der Waals surface area (Å²) in [5.74, 6) is 1.57. The van der Waals surface area contributed by atoms with Crippen molar-refractivity contribution >= 4 is 6.60 Å². The number of likely N-dealkylation sites (N-methyl/N-ethyl adjacent to an activating group) is 1. The summed E-state index contributed by atoms with van der Waals surface area (Å²) >= 11 is 0. The second kappa shape index (κ2) is 4.91. The summed E-state index contributed by atoms with van der Waals surface area (Å²) in [7, 11) is 2.28. The molecule has 4 unspecified atom stereocenters. The summed E-state index contributed by atoms with van der Waals surface area (Å²) in [6.45, 7) is 11.7. The van der Waals surface area contributed by atoms with E-state index in [1.165, 1.54) is 25.5 Å². The third-order valence-electron chi connectivity index (χ3n) is 7.14. The van der Waals surface area contributed by atoms with Gasteiger partial charge in [0, 0.05) is 0 Å². The van der Waals surface area contributed by atoms with Gasteiger partial charge in [0.1, 0.15) is 0 Å². The summed E-state index contributed by atoms with van der Waals surface area (Å²) in [5, 5.41) is 7.04. The Bertz CT molecular complexity index is 499. The zero-order valence-electron chi connectivity index (χ0n) is 14.7. The number of allylic oxidation sites excluding steroid dienone is 3. The van der Waals surface area contributed by atoms with E-state index in [2.05, 4.69) is 69.7 Å². The van der Waals surface area contributed by atoms with Crippen LogP contribution in [0.1, 0.15) is 40.5 Å². The Morgan fingerprint density at radius 1 is 1.38 bits per heavy atom. The van der Waals surface area contributed by atoms with Crippen LogP contribution in [-0.4, -0.2) is 53.9 Å². The van der Waals surface area contributed by atoms with E-state index in [1.807, 2.05) is 0 Å². The molecule has 3 heterocycles. The van der Waals surface area contributed by atoms with Gasteiger partial charge < -0.3 is 0 Å². The number of nitrogens with zero attached hydrogens (tertiary/aromatic N) is 2. The Morgan fingerprint density at radius 3 is 2.67 bits per heavy atom. The average Bonchev–Trinajstić information content (AvgIpc) is 2.57. The summed E-state index contributed by atoms with van der Waals surface area (Å²) in [6, 6.07) is 0.808. The minimum atomic E-state index is -1.76. The van der Waals surface area contributed by atoms with E-state index in [0.717, 1.165) is 23.4 Å². The van der Waals surface area contributed by atoms with Crippen LogP contribution in [0.3, 0.4) is 0 Å². The van der Waals surface area contributed by atoms with Crippen LogP contribution < -0.4 is 0 Å². The average molecular weight is 308 g/mol. The molecule has 4 atom stereocenters. The first-order valence-corrected chi connectivity index (χ1v) is 11.7. The number of hydrazine groups is 1. The molecule has 0 aromatic rings. The maximum atomic E-state index is 2.76. The van der Waals surface area contributed by atoms with Gasteiger partial charge in [0.2, 0.25) is 0 Å². The van der Waals surface area contributed by atoms with Crippen LogP contribution in [0.25, 0.3) is 0 Å². The summed E-state index contributed by atoms with van der Waals surface area (Å²) in [4.78, 5) is 0. The molecule has 0 aliphatic carbocycles. The van der Waals surface area contributed by atoms with E-state index in [-0.39, 0.29) is 0 Å². The molecule has 3 fully saturated rings. The van der Waals surface area contributed by atoms with Gasteiger partial charge in [0.05, 0.1) is 0 Å². The molecule has 3 saturated heterocycles. The van der Waals surface area contributed by atoms with Crippen molar-refractivity contribution in [2.45, 2.75) is 58.0 Å². The Balaban J connectivity index is 2.03. The van der Waals surface area contributed by atoms with Gasteiger partial charge in [-0.3, -0.25) is 0 Å². The topological polar surface area (TPSA) is 6.48 Å². The Kier molecular flexibility index (Phi) is 3.68. The van der Waals surface area contributed by atoms with Gasteiger partial charge in [-0.2, -0.15) is 0 Å². The molecule has 0 amide bonds. The van der Waals surface area contributed by atoms with E-state index in [9.17, 15) is 0 Å². The van der Waals surface area contributed by atoms with Crippen LogP contribution in [0.4, 0.5) is 0 Å². The fraction of sp³-hybridized carbons (Fsp3) is 0.778. The molecule has 21 heavy (non-hydrogen) atoms. The first-order valence-electron chi connectivity index (χ1n) is 8.69. The van der Waals surface area contributed by atoms with Gasteiger partial charge in [-0.1, -0.05) is 0 Å². The van der Waals surface area contributed by atoms with Gasteiger partial charge in [-0.25, -0.2) is 0 Å². The van der Waals surface area contributed by atoms with Crippen LogP contribution in [-0.2, 0) is 0 Å². The van der Waals surface area contributed by atoms with Crippen molar-refractivity contribution in [1.29, 1.82) is 0 Å². The van der Waals surface area contributed by atoms with Gasteiger partial charge in [0.15, 0.2) is 0 Å². The predicted octanol–water partition coefficient (Wildman–Crippen LogP) is 4.34. The predicted molar refractivity (Wildman–Crippen MR) is 96.2 cm³/mol. The minimum absolute atomic E-state index is 0.776. The number of hydrogen-bond donors (Lipinski definition) is 0. The zero-order valence-corrected chi connectivity index (χ0v) is 15.6. The molecule has 0 aromatic heterocycles. The van der Waals surface area contributed by atoms with E-state index in [4.69, 9.17) is 0 Å². The Hall–Kier alpha value is -0.170. The van der Waals surface area contributed by atoms with Crippen LogP contribution in [0.15, 0.2) is 23.5 Å². The molecule has 0 aromatic carbocycles. The second-order valence-corrected chi connectivity index (χ2v) is 14.3. The number of unbranched alkanes of at least 4 members (excludes halogenated alkanes) is 1. The van der Waals surface area contributed by atoms with Crippen LogP contribution in [0.2, 0.25) is 0 Å². The molecular weight excluding hydrogens is 275 g/mol. The molecule has 3 heteroatoms. The molecule has 2 nitrogen and oxygen atoms in total. The molecule has 0 bridgehead atoms. The molecule has 3 aliphatic heterocycles. The third-order valence-corrected chi connectivity index (χ3v) is 15.4. The first-order chi connectivity index (χ1) is 9.89. The summed E-state index contributed by atoms with van der Waals surface area (Å²) in [6.07, 6.45) is 11.3. The zero-order chi connectivity index (χ0) is 15.4. The SMILES string of the molecule is C/C=C\C1CP2(C)(/C(C)=C/CCC)C(C)C3CN(C)N3C12. The monoisotopic (exact) mass is 308 g/mol. The standard InChI is InChI=1S/C18H33N2P/c1-7-9-11-14(3)21(6)13-16(10-8-2)18(21)20-17(15(21)4)12-19(20)5/h8,10-11,15-18H,7,9,12-13H2,1-6H3/b10-8-,14-11+. The van der Waals surface area contributed by atoms with Gasteiger partial charge in [-0.05, 0) is 0 Å². The van der Waals surface area contributed by atoms with Crippen molar-refractivity contribution < 1.29 is 0 Å². The molecule has 0 radical (unpaired) electrons. The van der Waals surface area contributed by atoms with Crippen LogP contribution in [0.5, 0.6) is 0 Å². The van der Waals surface area contributed by atoms with Crippen LogP contribution in [0, 0.1) is 5.92 Å². The van der Waals surface area contributed by atoms with E-state index in [1.54, 1.807) is 5.31 Å². The van der Waals surface area contributed by atoms with E-state index in [0.29, 0.717) is 0 Å². The molecule has 0 saturated carbocycles. The Labute approximate surface area is 131 Å². The molecule has 3 aliphatic rings. The number of fused-ring (bicyclic) bond motifs is 3. The van der Waals surface area contributed by atoms with Crippen molar-refractivity contribution in [3.05, 3.63) is 23.5 Å². The van der Waals surface area contributed by atoms with Crippen LogP contribution >= 0.6 is 6.60 Å². The molecule has 0 N–H and O–H groups in total.